The van der Waals surface area contributed by atoms with Crippen molar-refractivity contribution < 1.29 is 4.74 Å². The number of halogens is 2. The number of nitrogens with one attached hydrogen (secondary N) is 1. The van der Waals surface area contributed by atoms with Gasteiger partial charge in [0.2, 0.25) is 0 Å². The molecule has 0 saturated carbocycles. The molecule has 0 unspecified atom stereocenters. The third kappa shape index (κ3) is 2.81. The predicted octanol–water partition coefficient (Wildman–Crippen LogP) is 7.46. The number of benzene rings is 4. The van der Waals surface area contributed by atoms with Crippen LogP contribution in [0.4, 0.5) is 0 Å². The van der Waals surface area contributed by atoms with Crippen LogP contribution in [0.2, 0.25) is 0 Å². The van der Waals surface area contributed by atoms with Crippen LogP contribution in [-0.4, -0.2) is 16.6 Å². The minimum Gasteiger partial charge on any atom is -0.493 e. The molecule has 5 aromatic rings. The molecule has 4 aromatic carbocycles. The lowest BCUT2D eigenvalue weighted by atomic mass is 10.0. The van der Waals surface area contributed by atoms with E-state index in [9.17, 15) is 0 Å². The second-order valence-electron chi connectivity index (χ2n) is 6.62. The van der Waals surface area contributed by atoms with Crippen molar-refractivity contribution in [3.05, 3.63) is 69.6 Å². The summed E-state index contributed by atoms with van der Waals surface area (Å²) in [7, 11) is 0. The second-order valence-corrected chi connectivity index (χ2v) is 8.45. The lowest BCUT2D eigenvalue weighted by Gasteiger charge is -2.07. The third-order valence-corrected chi connectivity index (χ3v) is 5.91. The standard InChI is InChI=1S/C23H16Br2N2O/c1-2-28-20-6-4-3-5-17(20)23-26-21-18-11-13(24)7-9-15(18)16-10-8-14(25)12-19(16)22(21)27-23/h3-12H,2H2,1H3,(H,26,27). The maximum atomic E-state index is 5.83. The van der Waals surface area contributed by atoms with Crippen LogP contribution in [0.3, 0.4) is 0 Å². The van der Waals surface area contributed by atoms with Gasteiger partial charge in [-0.25, -0.2) is 4.98 Å². The van der Waals surface area contributed by atoms with Gasteiger partial charge in [-0.05, 0) is 54.1 Å². The normalized spacial score (nSPS) is 11.5. The Morgan fingerprint density at radius 2 is 1.54 bits per heavy atom. The van der Waals surface area contributed by atoms with E-state index in [1.807, 2.05) is 31.2 Å². The van der Waals surface area contributed by atoms with Gasteiger partial charge in [0.25, 0.3) is 0 Å². The van der Waals surface area contributed by atoms with Crippen LogP contribution >= 0.6 is 31.9 Å². The van der Waals surface area contributed by atoms with Crippen molar-refractivity contribution in [2.75, 3.05) is 6.61 Å². The molecule has 3 nitrogen and oxygen atoms in total. The molecule has 0 amide bonds. The Labute approximate surface area is 179 Å². The van der Waals surface area contributed by atoms with Gasteiger partial charge in [-0.3, -0.25) is 0 Å². The van der Waals surface area contributed by atoms with Gasteiger partial charge in [0, 0.05) is 19.7 Å². The van der Waals surface area contributed by atoms with E-state index in [0.717, 1.165) is 47.9 Å². The fourth-order valence-corrected chi connectivity index (χ4v) is 4.46. The predicted molar refractivity (Wildman–Crippen MR) is 123 cm³/mol. The van der Waals surface area contributed by atoms with Gasteiger partial charge in [-0.2, -0.15) is 0 Å². The molecule has 0 fully saturated rings. The van der Waals surface area contributed by atoms with Gasteiger partial charge in [0.15, 0.2) is 0 Å². The number of aromatic nitrogens is 2. The topological polar surface area (TPSA) is 37.9 Å². The minimum atomic E-state index is 0.614. The summed E-state index contributed by atoms with van der Waals surface area (Å²) in [5.74, 6) is 1.65. The molecule has 0 saturated heterocycles. The molecule has 0 radical (unpaired) electrons. The van der Waals surface area contributed by atoms with E-state index in [2.05, 4.69) is 73.2 Å². The highest BCUT2D eigenvalue weighted by Crippen LogP contribution is 2.38. The Hall–Kier alpha value is -2.37. The van der Waals surface area contributed by atoms with Gasteiger partial charge < -0.3 is 9.72 Å². The van der Waals surface area contributed by atoms with Crippen LogP contribution in [0, 0.1) is 0 Å². The SMILES string of the molecule is CCOc1ccccc1-c1nc2c3cc(Br)ccc3c3ccc(Br)cc3c2[nH]1. The first kappa shape index (κ1) is 17.7. The molecule has 5 heteroatoms. The molecule has 1 N–H and O–H groups in total. The van der Waals surface area contributed by atoms with Gasteiger partial charge in [-0.1, -0.05) is 56.1 Å². The van der Waals surface area contributed by atoms with Crippen LogP contribution in [0.5, 0.6) is 5.75 Å². The lowest BCUT2D eigenvalue weighted by molar-refractivity contribution is 0.341. The van der Waals surface area contributed by atoms with E-state index in [1.54, 1.807) is 0 Å². The quantitative estimate of drug-likeness (QED) is 0.264. The lowest BCUT2D eigenvalue weighted by Crippen LogP contribution is -1.94. The van der Waals surface area contributed by atoms with Crippen LogP contribution in [0.25, 0.3) is 44.0 Å². The molecule has 0 bridgehead atoms. The Morgan fingerprint density at radius 1 is 0.857 bits per heavy atom. The molecule has 0 atom stereocenters. The highest BCUT2D eigenvalue weighted by Gasteiger charge is 2.16. The van der Waals surface area contributed by atoms with Crippen LogP contribution < -0.4 is 4.74 Å². The molecule has 0 aliphatic heterocycles. The maximum absolute atomic E-state index is 5.83. The molecule has 0 aliphatic carbocycles. The molecular weight excluding hydrogens is 480 g/mol. The first-order valence-electron chi connectivity index (χ1n) is 9.08. The van der Waals surface area contributed by atoms with Crippen molar-refractivity contribution in [1.82, 2.24) is 9.97 Å². The monoisotopic (exact) mass is 494 g/mol. The fraction of sp³-hybridized carbons (Fsp3) is 0.0870. The zero-order chi connectivity index (χ0) is 19.3. The first-order valence-corrected chi connectivity index (χ1v) is 10.7. The van der Waals surface area contributed by atoms with Gasteiger partial charge in [0.1, 0.15) is 11.6 Å². The highest BCUT2D eigenvalue weighted by atomic mass is 79.9. The fourth-order valence-electron chi connectivity index (χ4n) is 3.74. The average Bonchev–Trinajstić information content (AvgIpc) is 3.14. The largest absolute Gasteiger partial charge is 0.493 e. The number of aromatic amines is 1. The summed E-state index contributed by atoms with van der Waals surface area (Å²) in [5.41, 5.74) is 2.96. The summed E-state index contributed by atoms with van der Waals surface area (Å²) in [5, 5.41) is 4.66. The van der Waals surface area contributed by atoms with Gasteiger partial charge in [-0.15, -0.1) is 0 Å². The summed E-state index contributed by atoms with van der Waals surface area (Å²) in [6.45, 7) is 2.61. The number of hydrogen-bond donors (Lipinski definition) is 1. The van der Waals surface area contributed by atoms with Crippen LogP contribution in [-0.2, 0) is 0 Å². The molecule has 1 aromatic heterocycles. The number of hydrogen-bond acceptors (Lipinski definition) is 2. The van der Waals surface area contributed by atoms with Crippen molar-refractivity contribution in [2.45, 2.75) is 6.92 Å². The molecule has 0 aliphatic rings. The van der Waals surface area contributed by atoms with Crippen molar-refractivity contribution in [1.29, 1.82) is 0 Å². The Morgan fingerprint density at radius 3 is 2.29 bits per heavy atom. The summed E-state index contributed by atoms with van der Waals surface area (Å²) in [4.78, 5) is 8.57. The number of rotatable bonds is 3. The Balaban J connectivity index is 1.91. The molecule has 5 rings (SSSR count). The Kier molecular flexibility index (Phi) is 4.37. The highest BCUT2D eigenvalue weighted by molar-refractivity contribution is 9.10. The summed E-state index contributed by atoms with van der Waals surface area (Å²) >= 11 is 7.23. The molecule has 0 spiro atoms. The zero-order valence-electron chi connectivity index (χ0n) is 15.1. The van der Waals surface area contributed by atoms with E-state index in [0.29, 0.717) is 6.61 Å². The minimum absolute atomic E-state index is 0.614. The second kappa shape index (κ2) is 6.90. The molecule has 138 valence electrons. The average molecular weight is 496 g/mol. The van der Waals surface area contributed by atoms with Gasteiger partial charge in [0.05, 0.1) is 23.2 Å². The van der Waals surface area contributed by atoms with E-state index < -0.39 is 0 Å². The van der Waals surface area contributed by atoms with E-state index in [4.69, 9.17) is 9.72 Å². The number of H-pyrrole nitrogens is 1. The summed E-state index contributed by atoms with van der Waals surface area (Å²) in [6, 6.07) is 20.8. The van der Waals surface area contributed by atoms with Crippen molar-refractivity contribution in [3.8, 4) is 17.1 Å². The number of imidazole rings is 1. The molecular formula is C23H16Br2N2O. The van der Waals surface area contributed by atoms with Crippen molar-refractivity contribution >= 4 is 64.4 Å². The van der Waals surface area contributed by atoms with Crippen LogP contribution in [0.15, 0.2) is 69.6 Å². The van der Waals surface area contributed by atoms with E-state index >= 15 is 0 Å². The number of fused-ring (bicyclic) bond motifs is 6. The molecule has 28 heavy (non-hydrogen) atoms. The number of nitrogens with zero attached hydrogens (tertiary/aromatic N) is 1. The summed E-state index contributed by atoms with van der Waals surface area (Å²) in [6.07, 6.45) is 0. The Bertz CT molecular complexity index is 1280. The van der Waals surface area contributed by atoms with Crippen LogP contribution in [0.1, 0.15) is 6.92 Å². The van der Waals surface area contributed by atoms with Crippen molar-refractivity contribution in [3.63, 3.8) is 0 Å². The number of para-hydroxylation sites is 1. The summed E-state index contributed by atoms with van der Waals surface area (Å²) < 4.78 is 7.91. The van der Waals surface area contributed by atoms with Crippen molar-refractivity contribution in [2.24, 2.45) is 0 Å². The molecule has 1 heterocycles. The zero-order valence-corrected chi connectivity index (χ0v) is 18.3. The first-order chi connectivity index (χ1) is 13.7. The van der Waals surface area contributed by atoms with E-state index in [-0.39, 0.29) is 0 Å². The number of ether oxygens (including phenoxy) is 1. The van der Waals surface area contributed by atoms with Gasteiger partial charge >= 0.3 is 0 Å². The van der Waals surface area contributed by atoms with E-state index in [1.165, 1.54) is 10.8 Å². The third-order valence-electron chi connectivity index (χ3n) is 4.92. The smallest absolute Gasteiger partial charge is 0.142 e. The maximum Gasteiger partial charge on any atom is 0.142 e.